The van der Waals surface area contributed by atoms with Crippen molar-refractivity contribution in [2.45, 2.75) is 37.5 Å². The molecule has 2 saturated heterocycles. The average Bonchev–Trinajstić information content (AvgIpc) is 2.75. The van der Waals surface area contributed by atoms with Gasteiger partial charge < -0.3 is 9.80 Å². The number of nitrogens with zero attached hydrogens (tertiary/aromatic N) is 4. The minimum atomic E-state index is 0.483. The molecule has 0 aliphatic carbocycles. The second kappa shape index (κ2) is 7.85. The van der Waals surface area contributed by atoms with Gasteiger partial charge in [-0.2, -0.15) is 0 Å². The van der Waals surface area contributed by atoms with Crippen LogP contribution < -0.4 is 0 Å². The Balaban J connectivity index is 1.42. The van der Waals surface area contributed by atoms with E-state index in [1.807, 2.05) is 36.9 Å². The molecule has 2 aromatic heterocycles. The standard InChI is InChI=1S/C21H27N5/c22-21(25-11-3-7-19(15-25)17-5-1-9-23-13-17)26-12-4-8-20(16-26)18-6-2-10-24-14-18/h1-2,5-6,9-10,13-14,19-20,22H,3-4,7-8,11-12,15-16H2. The molecule has 0 spiro atoms. The monoisotopic (exact) mass is 349 g/mol. The lowest BCUT2D eigenvalue weighted by Crippen LogP contribution is -2.50. The van der Waals surface area contributed by atoms with E-state index in [0.717, 1.165) is 39.0 Å². The van der Waals surface area contributed by atoms with Gasteiger partial charge in [0.15, 0.2) is 5.96 Å². The van der Waals surface area contributed by atoms with Crippen molar-refractivity contribution >= 4 is 5.96 Å². The molecule has 2 aliphatic heterocycles. The largest absolute Gasteiger partial charge is 0.342 e. The minimum absolute atomic E-state index is 0.483. The number of aromatic nitrogens is 2. The first-order valence-corrected chi connectivity index (χ1v) is 9.69. The maximum absolute atomic E-state index is 8.80. The molecule has 2 unspecified atom stereocenters. The Morgan fingerprint density at radius 2 is 1.35 bits per heavy atom. The fourth-order valence-electron chi connectivity index (χ4n) is 4.32. The second-order valence-electron chi connectivity index (χ2n) is 7.47. The van der Waals surface area contributed by atoms with E-state index in [1.54, 1.807) is 0 Å². The molecule has 26 heavy (non-hydrogen) atoms. The lowest BCUT2D eigenvalue weighted by molar-refractivity contribution is 0.229. The van der Waals surface area contributed by atoms with Gasteiger partial charge in [0, 0.05) is 62.8 Å². The van der Waals surface area contributed by atoms with Crippen molar-refractivity contribution in [3.63, 3.8) is 0 Å². The van der Waals surface area contributed by atoms with Crippen LogP contribution in [0.25, 0.3) is 0 Å². The highest BCUT2D eigenvalue weighted by Crippen LogP contribution is 2.29. The molecule has 0 bridgehead atoms. The van der Waals surface area contributed by atoms with Crippen LogP contribution in [0.15, 0.2) is 49.1 Å². The normalized spacial score (nSPS) is 23.7. The molecule has 1 N–H and O–H groups in total. The number of hydrogen-bond donors (Lipinski definition) is 1. The molecule has 4 rings (SSSR count). The molecule has 0 amide bonds. The number of nitrogens with one attached hydrogen (secondary N) is 1. The van der Waals surface area contributed by atoms with E-state index in [1.165, 1.54) is 24.0 Å². The van der Waals surface area contributed by atoms with Gasteiger partial charge in [-0.25, -0.2) is 0 Å². The Labute approximate surface area is 155 Å². The molecular formula is C21H27N5. The van der Waals surface area contributed by atoms with Gasteiger partial charge in [0.2, 0.25) is 0 Å². The van der Waals surface area contributed by atoms with Crippen LogP contribution in [0.3, 0.4) is 0 Å². The highest BCUT2D eigenvalue weighted by Gasteiger charge is 2.29. The third kappa shape index (κ3) is 3.71. The molecule has 136 valence electrons. The minimum Gasteiger partial charge on any atom is -0.342 e. The topological polar surface area (TPSA) is 56.1 Å². The SMILES string of the molecule is N=C(N1CCCC(c2cccnc2)C1)N1CCCC(c2cccnc2)C1. The maximum atomic E-state index is 8.80. The molecule has 2 atom stereocenters. The van der Waals surface area contributed by atoms with Crippen LogP contribution in [0.2, 0.25) is 0 Å². The number of pyridine rings is 2. The number of hydrogen-bond acceptors (Lipinski definition) is 3. The Hall–Kier alpha value is -2.43. The van der Waals surface area contributed by atoms with Crippen LogP contribution >= 0.6 is 0 Å². The van der Waals surface area contributed by atoms with E-state index in [9.17, 15) is 0 Å². The molecule has 2 aliphatic rings. The van der Waals surface area contributed by atoms with E-state index in [-0.39, 0.29) is 0 Å². The van der Waals surface area contributed by atoms with E-state index < -0.39 is 0 Å². The summed E-state index contributed by atoms with van der Waals surface area (Å²) >= 11 is 0. The van der Waals surface area contributed by atoms with Crippen molar-refractivity contribution in [3.8, 4) is 0 Å². The summed E-state index contributed by atoms with van der Waals surface area (Å²) in [6.45, 7) is 3.84. The van der Waals surface area contributed by atoms with Crippen LogP contribution in [-0.2, 0) is 0 Å². The summed E-state index contributed by atoms with van der Waals surface area (Å²) in [6, 6.07) is 8.37. The van der Waals surface area contributed by atoms with E-state index >= 15 is 0 Å². The zero-order valence-corrected chi connectivity index (χ0v) is 15.2. The lowest BCUT2D eigenvalue weighted by atomic mass is 9.91. The van der Waals surface area contributed by atoms with Crippen molar-refractivity contribution < 1.29 is 0 Å². The molecular weight excluding hydrogens is 322 g/mol. The van der Waals surface area contributed by atoms with Gasteiger partial charge in [-0.1, -0.05) is 12.1 Å². The number of piperidine rings is 2. The fourth-order valence-corrected chi connectivity index (χ4v) is 4.32. The summed E-state index contributed by atoms with van der Waals surface area (Å²) < 4.78 is 0. The zero-order valence-electron chi connectivity index (χ0n) is 15.2. The molecule has 2 aromatic rings. The third-order valence-corrected chi connectivity index (χ3v) is 5.75. The van der Waals surface area contributed by atoms with Crippen molar-refractivity contribution in [1.82, 2.24) is 19.8 Å². The summed E-state index contributed by atoms with van der Waals surface area (Å²) in [5.74, 6) is 1.67. The predicted molar refractivity (Wildman–Crippen MR) is 103 cm³/mol. The van der Waals surface area contributed by atoms with E-state index in [0.29, 0.717) is 17.8 Å². The van der Waals surface area contributed by atoms with Gasteiger partial charge in [0.05, 0.1) is 0 Å². The third-order valence-electron chi connectivity index (χ3n) is 5.75. The Kier molecular flexibility index (Phi) is 5.14. The summed E-state index contributed by atoms with van der Waals surface area (Å²) in [5, 5.41) is 8.80. The maximum Gasteiger partial charge on any atom is 0.193 e. The van der Waals surface area contributed by atoms with Crippen molar-refractivity contribution in [1.29, 1.82) is 5.41 Å². The fraction of sp³-hybridized carbons (Fsp3) is 0.476. The molecule has 0 aromatic carbocycles. The first kappa shape index (κ1) is 17.0. The van der Waals surface area contributed by atoms with Crippen molar-refractivity contribution in [2.75, 3.05) is 26.2 Å². The quantitative estimate of drug-likeness (QED) is 0.666. The van der Waals surface area contributed by atoms with Crippen molar-refractivity contribution in [3.05, 3.63) is 60.2 Å². The van der Waals surface area contributed by atoms with Crippen LogP contribution in [0, 0.1) is 5.41 Å². The van der Waals surface area contributed by atoms with Crippen molar-refractivity contribution in [2.24, 2.45) is 0 Å². The molecule has 0 radical (unpaired) electrons. The van der Waals surface area contributed by atoms with Crippen LogP contribution in [-0.4, -0.2) is 51.9 Å². The van der Waals surface area contributed by atoms with E-state index in [4.69, 9.17) is 5.41 Å². The molecule has 5 nitrogen and oxygen atoms in total. The summed E-state index contributed by atoms with van der Waals surface area (Å²) in [5.41, 5.74) is 2.61. The molecule has 2 fully saturated rings. The lowest BCUT2D eigenvalue weighted by Gasteiger charge is -2.41. The Morgan fingerprint density at radius 1 is 0.846 bits per heavy atom. The summed E-state index contributed by atoms with van der Waals surface area (Å²) in [7, 11) is 0. The van der Waals surface area contributed by atoms with Gasteiger partial charge in [-0.3, -0.25) is 15.4 Å². The highest BCUT2D eigenvalue weighted by atomic mass is 15.4. The molecule has 4 heterocycles. The van der Waals surface area contributed by atoms with Crippen LogP contribution in [0.1, 0.15) is 48.6 Å². The van der Waals surface area contributed by atoms with Crippen LogP contribution in [0.4, 0.5) is 0 Å². The first-order chi connectivity index (χ1) is 12.8. The smallest absolute Gasteiger partial charge is 0.193 e. The average molecular weight is 349 g/mol. The Bertz CT molecular complexity index is 656. The summed E-state index contributed by atoms with van der Waals surface area (Å²) in [4.78, 5) is 13.1. The zero-order chi connectivity index (χ0) is 17.8. The van der Waals surface area contributed by atoms with Gasteiger partial charge in [0.25, 0.3) is 0 Å². The number of likely N-dealkylation sites (tertiary alicyclic amines) is 2. The summed E-state index contributed by atoms with van der Waals surface area (Å²) in [6.07, 6.45) is 12.3. The van der Waals surface area contributed by atoms with Gasteiger partial charge in [0.1, 0.15) is 0 Å². The van der Waals surface area contributed by atoms with Gasteiger partial charge in [-0.15, -0.1) is 0 Å². The van der Waals surface area contributed by atoms with Gasteiger partial charge in [-0.05, 0) is 48.9 Å². The van der Waals surface area contributed by atoms with E-state index in [2.05, 4.69) is 31.9 Å². The van der Waals surface area contributed by atoms with Crippen LogP contribution in [0.5, 0.6) is 0 Å². The van der Waals surface area contributed by atoms with Gasteiger partial charge >= 0.3 is 0 Å². The number of guanidine groups is 1. The highest BCUT2D eigenvalue weighted by molar-refractivity contribution is 5.77. The molecule has 5 heteroatoms. The molecule has 0 saturated carbocycles. The second-order valence-corrected chi connectivity index (χ2v) is 7.47. The Morgan fingerprint density at radius 3 is 1.77 bits per heavy atom. The first-order valence-electron chi connectivity index (χ1n) is 9.69. The number of rotatable bonds is 2. The predicted octanol–water partition coefficient (Wildman–Crippen LogP) is 3.47.